The molecule has 3 N–H and O–H groups in total. The van der Waals surface area contributed by atoms with Gasteiger partial charge in [-0.3, -0.25) is 9.59 Å². The molecule has 0 spiro atoms. The highest BCUT2D eigenvalue weighted by Gasteiger charge is 2.13. The molecule has 0 aliphatic rings. The fourth-order valence-corrected chi connectivity index (χ4v) is 3.52. The third-order valence-electron chi connectivity index (χ3n) is 3.70. The molecule has 0 unspecified atom stereocenters. The molecule has 0 atom stereocenters. The average Bonchev–Trinajstić information content (AvgIpc) is 2.69. The van der Waals surface area contributed by atoms with E-state index in [2.05, 4.69) is 5.32 Å². The van der Waals surface area contributed by atoms with Crippen LogP contribution in [0.25, 0.3) is 0 Å². The number of para-hydroxylation sites is 1. The Bertz CT molecular complexity index is 996. The number of carbonyl (C=O) groups excluding carboxylic acids is 2. The van der Waals surface area contributed by atoms with Gasteiger partial charge in [0.1, 0.15) is 5.75 Å². The van der Waals surface area contributed by atoms with Gasteiger partial charge in [-0.05, 0) is 42.5 Å². The first-order valence-electron chi connectivity index (χ1n) is 8.37. The van der Waals surface area contributed by atoms with Crippen molar-refractivity contribution in [3.8, 4) is 5.75 Å². The molecule has 0 fully saturated rings. The Labute approximate surface area is 171 Å². The molecular formula is C21H17ClN2O3S. The summed E-state index contributed by atoms with van der Waals surface area (Å²) in [5, 5.41) is 3.19. The highest BCUT2D eigenvalue weighted by atomic mass is 35.5. The number of primary amides is 1. The lowest BCUT2D eigenvalue weighted by Crippen LogP contribution is -2.22. The molecule has 7 heteroatoms. The van der Waals surface area contributed by atoms with Gasteiger partial charge in [0.05, 0.1) is 11.3 Å². The SMILES string of the molecule is NC(=O)c1cc(Cl)ccc1OCC(=O)Nc1ccccc1Sc1ccccc1. The van der Waals surface area contributed by atoms with Gasteiger partial charge < -0.3 is 15.8 Å². The predicted molar refractivity (Wildman–Crippen MR) is 111 cm³/mol. The van der Waals surface area contributed by atoms with Crippen LogP contribution in [0, 0.1) is 0 Å². The van der Waals surface area contributed by atoms with E-state index in [-0.39, 0.29) is 23.8 Å². The van der Waals surface area contributed by atoms with E-state index < -0.39 is 5.91 Å². The monoisotopic (exact) mass is 412 g/mol. The van der Waals surface area contributed by atoms with Crippen LogP contribution in [0.3, 0.4) is 0 Å². The normalized spacial score (nSPS) is 10.3. The van der Waals surface area contributed by atoms with Crippen molar-refractivity contribution >= 4 is 40.9 Å². The fourth-order valence-electron chi connectivity index (χ4n) is 2.42. The minimum Gasteiger partial charge on any atom is -0.483 e. The van der Waals surface area contributed by atoms with E-state index in [0.717, 1.165) is 9.79 Å². The second-order valence-electron chi connectivity index (χ2n) is 5.75. The molecule has 142 valence electrons. The number of carbonyl (C=O) groups is 2. The van der Waals surface area contributed by atoms with Crippen LogP contribution in [0.15, 0.2) is 82.6 Å². The summed E-state index contributed by atoms with van der Waals surface area (Å²) in [6.45, 7) is -0.272. The molecule has 3 aromatic rings. The largest absolute Gasteiger partial charge is 0.483 e. The number of rotatable bonds is 7. The van der Waals surface area contributed by atoms with Gasteiger partial charge in [-0.2, -0.15) is 0 Å². The van der Waals surface area contributed by atoms with Gasteiger partial charge in [0.25, 0.3) is 11.8 Å². The van der Waals surface area contributed by atoms with Gasteiger partial charge in [0.15, 0.2) is 6.61 Å². The third kappa shape index (κ3) is 5.28. The second kappa shape index (κ2) is 9.30. The van der Waals surface area contributed by atoms with Crippen molar-refractivity contribution in [3.63, 3.8) is 0 Å². The first-order chi connectivity index (χ1) is 13.5. The summed E-state index contributed by atoms with van der Waals surface area (Å²) in [7, 11) is 0. The molecule has 0 aliphatic heterocycles. The Kier molecular flexibility index (Phi) is 6.57. The molecular weight excluding hydrogens is 396 g/mol. The van der Waals surface area contributed by atoms with E-state index in [0.29, 0.717) is 10.7 Å². The lowest BCUT2D eigenvalue weighted by molar-refractivity contribution is -0.118. The van der Waals surface area contributed by atoms with Crippen molar-refractivity contribution in [2.75, 3.05) is 11.9 Å². The van der Waals surface area contributed by atoms with Crippen LogP contribution < -0.4 is 15.8 Å². The van der Waals surface area contributed by atoms with E-state index in [4.69, 9.17) is 22.1 Å². The van der Waals surface area contributed by atoms with E-state index in [9.17, 15) is 9.59 Å². The van der Waals surface area contributed by atoms with Crippen molar-refractivity contribution in [3.05, 3.63) is 83.4 Å². The van der Waals surface area contributed by atoms with Gasteiger partial charge in [-0.1, -0.05) is 53.7 Å². The van der Waals surface area contributed by atoms with Crippen LogP contribution in [0.4, 0.5) is 5.69 Å². The van der Waals surface area contributed by atoms with Crippen LogP contribution >= 0.6 is 23.4 Å². The molecule has 5 nitrogen and oxygen atoms in total. The van der Waals surface area contributed by atoms with Crippen LogP contribution in [-0.4, -0.2) is 18.4 Å². The zero-order valence-electron chi connectivity index (χ0n) is 14.7. The Morgan fingerprint density at radius 2 is 1.71 bits per heavy atom. The van der Waals surface area contributed by atoms with Crippen molar-refractivity contribution < 1.29 is 14.3 Å². The van der Waals surface area contributed by atoms with Crippen molar-refractivity contribution in [2.24, 2.45) is 5.73 Å². The van der Waals surface area contributed by atoms with Crippen LogP contribution in [0.5, 0.6) is 5.75 Å². The number of ether oxygens (including phenoxy) is 1. The molecule has 0 aliphatic carbocycles. The number of nitrogens with one attached hydrogen (secondary N) is 1. The highest BCUT2D eigenvalue weighted by Crippen LogP contribution is 2.33. The summed E-state index contributed by atoms with van der Waals surface area (Å²) >= 11 is 7.42. The molecule has 3 rings (SSSR count). The number of anilines is 1. The number of nitrogens with two attached hydrogens (primary N) is 1. The number of amides is 2. The second-order valence-corrected chi connectivity index (χ2v) is 7.30. The number of halogens is 1. The average molecular weight is 413 g/mol. The lowest BCUT2D eigenvalue weighted by atomic mass is 10.2. The maximum Gasteiger partial charge on any atom is 0.262 e. The molecule has 2 amide bonds. The van der Waals surface area contributed by atoms with E-state index in [1.165, 1.54) is 12.1 Å². The summed E-state index contributed by atoms with van der Waals surface area (Å²) in [6, 6.07) is 21.8. The summed E-state index contributed by atoms with van der Waals surface area (Å²) < 4.78 is 5.47. The molecule has 0 radical (unpaired) electrons. The standard InChI is InChI=1S/C21H17ClN2O3S/c22-14-10-11-18(16(12-14)21(23)26)27-13-20(25)24-17-8-4-5-9-19(17)28-15-6-2-1-3-7-15/h1-12H,13H2,(H2,23,26)(H,24,25). The number of hydrogen-bond donors (Lipinski definition) is 2. The Hall–Kier alpha value is -2.96. The summed E-state index contributed by atoms with van der Waals surface area (Å²) in [5.74, 6) is -0.826. The Morgan fingerprint density at radius 1 is 1.00 bits per heavy atom. The summed E-state index contributed by atoms with van der Waals surface area (Å²) in [6.07, 6.45) is 0. The zero-order valence-corrected chi connectivity index (χ0v) is 16.3. The van der Waals surface area contributed by atoms with Crippen molar-refractivity contribution in [1.29, 1.82) is 0 Å². The van der Waals surface area contributed by atoms with Gasteiger partial charge in [-0.25, -0.2) is 0 Å². The third-order valence-corrected chi connectivity index (χ3v) is 5.02. The Balaban J connectivity index is 1.67. The van der Waals surface area contributed by atoms with Gasteiger partial charge >= 0.3 is 0 Å². The van der Waals surface area contributed by atoms with E-state index >= 15 is 0 Å². The Morgan fingerprint density at radius 3 is 2.46 bits per heavy atom. The molecule has 3 aromatic carbocycles. The molecule has 28 heavy (non-hydrogen) atoms. The molecule has 0 saturated heterocycles. The molecule has 0 aromatic heterocycles. The van der Waals surface area contributed by atoms with E-state index in [1.807, 2.05) is 54.6 Å². The van der Waals surface area contributed by atoms with Crippen LogP contribution in [0.2, 0.25) is 5.02 Å². The molecule has 0 saturated carbocycles. The first kappa shape index (κ1) is 19.8. The molecule has 0 bridgehead atoms. The number of hydrogen-bond acceptors (Lipinski definition) is 4. The predicted octanol–water partition coefficient (Wildman–Crippen LogP) is 4.61. The first-order valence-corrected chi connectivity index (χ1v) is 9.56. The summed E-state index contributed by atoms with van der Waals surface area (Å²) in [5.41, 5.74) is 6.13. The minimum absolute atomic E-state index is 0.125. The number of benzene rings is 3. The highest BCUT2D eigenvalue weighted by molar-refractivity contribution is 7.99. The minimum atomic E-state index is -0.678. The van der Waals surface area contributed by atoms with Crippen LogP contribution in [-0.2, 0) is 4.79 Å². The quantitative estimate of drug-likeness (QED) is 0.593. The maximum absolute atomic E-state index is 12.4. The smallest absolute Gasteiger partial charge is 0.262 e. The van der Waals surface area contributed by atoms with E-state index in [1.54, 1.807) is 17.8 Å². The zero-order chi connectivity index (χ0) is 19.9. The summed E-state index contributed by atoms with van der Waals surface area (Å²) in [4.78, 5) is 25.8. The van der Waals surface area contributed by atoms with Gasteiger partial charge in [-0.15, -0.1) is 0 Å². The van der Waals surface area contributed by atoms with Crippen LogP contribution in [0.1, 0.15) is 10.4 Å². The lowest BCUT2D eigenvalue weighted by Gasteiger charge is -2.12. The van der Waals surface area contributed by atoms with Gasteiger partial charge in [0.2, 0.25) is 0 Å². The van der Waals surface area contributed by atoms with Crippen molar-refractivity contribution in [1.82, 2.24) is 0 Å². The van der Waals surface area contributed by atoms with Crippen molar-refractivity contribution in [2.45, 2.75) is 9.79 Å². The fraction of sp³-hybridized carbons (Fsp3) is 0.0476. The van der Waals surface area contributed by atoms with Gasteiger partial charge in [0, 0.05) is 14.8 Å². The molecule has 0 heterocycles. The topological polar surface area (TPSA) is 81.4 Å². The maximum atomic E-state index is 12.4.